The lowest BCUT2D eigenvalue weighted by Crippen LogP contribution is -2.28. The zero-order valence-electron chi connectivity index (χ0n) is 12.6. The fourth-order valence-corrected chi connectivity index (χ4v) is 2.95. The van der Waals surface area contributed by atoms with Gasteiger partial charge in [-0.1, -0.05) is 17.7 Å². The number of halogens is 1. The summed E-state index contributed by atoms with van der Waals surface area (Å²) in [7, 11) is -0.884. The molecule has 4 rings (SSSR count). The van der Waals surface area contributed by atoms with E-state index in [1.165, 1.54) is 0 Å². The summed E-state index contributed by atoms with van der Waals surface area (Å²) in [5, 5.41) is 10.4. The molecule has 1 aliphatic heterocycles. The Hall–Kier alpha value is -2.34. The second-order valence-corrected chi connectivity index (χ2v) is 6.13. The Balaban J connectivity index is 1.64. The normalized spacial score (nSPS) is 13.2. The molecule has 0 aliphatic carbocycles. The summed E-state index contributed by atoms with van der Waals surface area (Å²) < 4.78 is 7.06. The average Bonchev–Trinajstić information content (AvgIpc) is 3.22. The van der Waals surface area contributed by atoms with E-state index in [0.29, 0.717) is 22.8 Å². The van der Waals surface area contributed by atoms with Crippen LogP contribution in [0.3, 0.4) is 0 Å². The van der Waals surface area contributed by atoms with E-state index in [2.05, 4.69) is 0 Å². The van der Waals surface area contributed by atoms with Gasteiger partial charge in [-0.05, 0) is 53.5 Å². The number of fused-ring (bicyclic) bond motifs is 1. The van der Waals surface area contributed by atoms with Gasteiger partial charge in [-0.15, -0.1) is 0 Å². The highest BCUT2D eigenvalue weighted by Gasteiger charge is 2.27. The maximum atomic E-state index is 12.5. The van der Waals surface area contributed by atoms with E-state index in [0.717, 1.165) is 16.7 Å². The van der Waals surface area contributed by atoms with Gasteiger partial charge in [0.1, 0.15) is 0 Å². The van der Waals surface area contributed by atoms with E-state index in [1.807, 2.05) is 29.0 Å². The Morgan fingerprint density at radius 1 is 1.12 bits per heavy atom. The molecule has 0 saturated heterocycles. The van der Waals surface area contributed by atoms with Crippen molar-refractivity contribution in [2.24, 2.45) is 0 Å². The molecule has 2 heterocycles. The molecule has 0 unspecified atom stereocenters. The van der Waals surface area contributed by atoms with Gasteiger partial charge < -0.3 is 14.2 Å². The molecular formula is C18H13BClNO3. The van der Waals surface area contributed by atoms with Crippen molar-refractivity contribution in [1.82, 2.24) is 4.57 Å². The molecule has 0 atom stereocenters. The van der Waals surface area contributed by atoms with Crippen molar-refractivity contribution >= 4 is 30.0 Å². The molecule has 1 N–H and O–H groups in total. The molecule has 0 saturated carbocycles. The van der Waals surface area contributed by atoms with Gasteiger partial charge in [-0.25, -0.2) is 0 Å². The van der Waals surface area contributed by atoms with E-state index in [-0.39, 0.29) is 5.78 Å². The minimum atomic E-state index is -0.884. The third-order valence-electron chi connectivity index (χ3n) is 4.15. The van der Waals surface area contributed by atoms with E-state index < -0.39 is 7.12 Å². The number of aromatic nitrogens is 1. The summed E-state index contributed by atoms with van der Waals surface area (Å²) in [5.74, 6) is -0.0602. The summed E-state index contributed by atoms with van der Waals surface area (Å²) in [6.45, 7) is 0.419. The van der Waals surface area contributed by atoms with Crippen molar-refractivity contribution in [2.45, 2.75) is 6.61 Å². The van der Waals surface area contributed by atoms with Crippen molar-refractivity contribution in [3.8, 4) is 5.69 Å². The number of hydrogen-bond acceptors (Lipinski definition) is 3. The molecule has 2 aromatic carbocycles. The minimum absolute atomic E-state index is 0.0602. The van der Waals surface area contributed by atoms with Crippen LogP contribution < -0.4 is 5.46 Å². The summed E-state index contributed by atoms with van der Waals surface area (Å²) in [6.07, 6.45) is 3.61. The molecule has 1 aliphatic rings. The maximum absolute atomic E-state index is 12.5. The highest BCUT2D eigenvalue weighted by molar-refractivity contribution is 6.61. The molecule has 0 fully saturated rings. The fraction of sp³-hybridized carbons (Fsp3) is 0.0556. The van der Waals surface area contributed by atoms with Crippen molar-refractivity contribution in [2.75, 3.05) is 0 Å². The number of carbonyl (C=O) groups excluding carboxylic acids is 1. The second kappa shape index (κ2) is 5.94. The first-order valence-electron chi connectivity index (χ1n) is 7.53. The topological polar surface area (TPSA) is 51.5 Å². The fourth-order valence-electron chi connectivity index (χ4n) is 2.82. The van der Waals surface area contributed by atoms with E-state index in [1.54, 1.807) is 36.5 Å². The number of rotatable bonds is 3. The molecule has 6 heteroatoms. The number of hydrogen-bond donors (Lipinski definition) is 1. The second-order valence-electron chi connectivity index (χ2n) is 5.69. The van der Waals surface area contributed by atoms with E-state index >= 15 is 0 Å². The van der Waals surface area contributed by atoms with E-state index in [4.69, 9.17) is 16.3 Å². The lowest BCUT2D eigenvalue weighted by molar-refractivity contribution is 0.103. The van der Waals surface area contributed by atoms with Gasteiger partial charge in [0.25, 0.3) is 0 Å². The van der Waals surface area contributed by atoms with Crippen LogP contribution in [-0.2, 0) is 11.3 Å². The van der Waals surface area contributed by atoms with Crippen LogP contribution in [0.2, 0.25) is 5.02 Å². The van der Waals surface area contributed by atoms with Crippen LogP contribution in [0.15, 0.2) is 60.9 Å². The summed E-state index contributed by atoms with van der Waals surface area (Å²) in [4.78, 5) is 12.5. The number of carbonyl (C=O) groups is 1. The Morgan fingerprint density at radius 3 is 2.71 bits per heavy atom. The number of ketones is 1. The van der Waals surface area contributed by atoms with Gasteiger partial charge in [0, 0.05) is 34.2 Å². The predicted molar refractivity (Wildman–Crippen MR) is 93.0 cm³/mol. The number of nitrogens with zero attached hydrogens (tertiary/aromatic N) is 1. The average molecular weight is 338 g/mol. The first-order valence-corrected chi connectivity index (χ1v) is 7.91. The molecule has 0 radical (unpaired) electrons. The van der Waals surface area contributed by atoms with Crippen LogP contribution in [-0.4, -0.2) is 22.5 Å². The molecule has 118 valence electrons. The Kier molecular flexibility index (Phi) is 3.77. The largest absolute Gasteiger partial charge is 0.491 e. The van der Waals surface area contributed by atoms with Crippen LogP contribution in [0.1, 0.15) is 21.5 Å². The van der Waals surface area contributed by atoms with Gasteiger partial charge in [-0.3, -0.25) is 4.79 Å². The van der Waals surface area contributed by atoms with E-state index in [9.17, 15) is 9.82 Å². The van der Waals surface area contributed by atoms with Crippen LogP contribution in [0.25, 0.3) is 5.69 Å². The van der Waals surface area contributed by atoms with Crippen molar-refractivity contribution < 1.29 is 14.5 Å². The van der Waals surface area contributed by atoms with Crippen LogP contribution in [0.4, 0.5) is 0 Å². The molecular weight excluding hydrogens is 324 g/mol. The monoisotopic (exact) mass is 337 g/mol. The van der Waals surface area contributed by atoms with Gasteiger partial charge in [0.2, 0.25) is 0 Å². The lowest BCUT2D eigenvalue weighted by atomic mass is 9.79. The van der Waals surface area contributed by atoms with Crippen molar-refractivity contribution in [3.05, 3.63) is 82.6 Å². The Morgan fingerprint density at radius 2 is 1.92 bits per heavy atom. The zero-order valence-corrected chi connectivity index (χ0v) is 13.4. The summed E-state index contributed by atoms with van der Waals surface area (Å²) in [6, 6.07) is 14.4. The third kappa shape index (κ3) is 2.67. The SMILES string of the molecule is O=C(c1ccc(Cl)cc1)c1ccn(-c2ccc3c(c2)B(O)OC3)c1. The van der Waals surface area contributed by atoms with Gasteiger partial charge in [0.05, 0.1) is 6.61 Å². The minimum Gasteiger partial charge on any atom is -0.423 e. The standard InChI is InChI=1S/C18H13BClNO3/c20-15-4-1-12(2-5-15)18(22)13-7-8-21(10-13)16-6-3-14-11-24-19(23)17(14)9-16/h1-10,23H,11H2. The molecule has 24 heavy (non-hydrogen) atoms. The zero-order chi connectivity index (χ0) is 16.7. The molecule has 0 spiro atoms. The summed E-state index contributed by atoms with van der Waals surface area (Å²) >= 11 is 5.86. The Labute approximate surface area is 144 Å². The third-order valence-corrected chi connectivity index (χ3v) is 4.40. The van der Waals surface area contributed by atoms with Gasteiger partial charge >= 0.3 is 7.12 Å². The smallest absolute Gasteiger partial charge is 0.423 e. The maximum Gasteiger partial charge on any atom is 0.491 e. The lowest BCUT2D eigenvalue weighted by Gasteiger charge is -2.06. The molecule has 0 amide bonds. The highest BCUT2D eigenvalue weighted by atomic mass is 35.5. The highest BCUT2D eigenvalue weighted by Crippen LogP contribution is 2.18. The summed E-state index contributed by atoms with van der Waals surface area (Å²) in [5.41, 5.74) is 3.81. The molecule has 0 bridgehead atoms. The molecule has 1 aromatic heterocycles. The first kappa shape index (κ1) is 15.2. The Bertz CT molecular complexity index is 920. The predicted octanol–water partition coefficient (Wildman–Crippen LogP) is 2.58. The first-order chi connectivity index (χ1) is 11.6. The quantitative estimate of drug-likeness (QED) is 0.590. The van der Waals surface area contributed by atoms with Crippen LogP contribution >= 0.6 is 11.6 Å². The molecule has 3 aromatic rings. The molecule has 4 nitrogen and oxygen atoms in total. The number of benzene rings is 2. The van der Waals surface area contributed by atoms with Crippen molar-refractivity contribution in [3.63, 3.8) is 0 Å². The van der Waals surface area contributed by atoms with Gasteiger partial charge in [0.15, 0.2) is 5.78 Å². The van der Waals surface area contributed by atoms with Crippen molar-refractivity contribution in [1.29, 1.82) is 0 Å². The van der Waals surface area contributed by atoms with Gasteiger partial charge in [-0.2, -0.15) is 0 Å². The van der Waals surface area contributed by atoms with Crippen LogP contribution in [0, 0.1) is 0 Å². The van der Waals surface area contributed by atoms with Crippen LogP contribution in [0.5, 0.6) is 0 Å².